The number of hydrogen-bond donors (Lipinski definition) is 0. The molecule has 80 valence electrons. The van der Waals surface area contributed by atoms with Crippen molar-refractivity contribution < 1.29 is 0 Å². The van der Waals surface area contributed by atoms with Gasteiger partial charge in [-0.15, -0.1) is 18.3 Å². The zero-order valence-corrected chi connectivity index (χ0v) is 10.6. The van der Waals surface area contributed by atoms with Gasteiger partial charge < -0.3 is 0 Å². The SMILES string of the molecule is C=CCN1C(C)(C)N=C(SC)C1(C)C. The highest BCUT2D eigenvalue weighted by molar-refractivity contribution is 8.13. The van der Waals surface area contributed by atoms with Crippen LogP contribution in [0, 0.1) is 0 Å². The molecular weight excluding hydrogens is 192 g/mol. The summed E-state index contributed by atoms with van der Waals surface area (Å²) in [6, 6.07) is 0. The molecule has 1 heterocycles. The van der Waals surface area contributed by atoms with E-state index in [1.807, 2.05) is 6.08 Å². The van der Waals surface area contributed by atoms with Crippen LogP contribution in [0.2, 0.25) is 0 Å². The maximum absolute atomic E-state index is 4.75. The molecule has 0 aliphatic carbocycles. The van der Waals surface area contributed by atoms with Crippen LogP contribution in [0.1, 0.15) is 27.7 Å². The predicted octanol–water partition coefficient (Wildman–Crippen LogP) is 2.76. The molecule has 14 heavy (non-hydrogen) atoms. The van der Waals surface area contributed by atoms with Gasteiger partial charge in [0.2, 0.25) is 0 Å². The van der Waals surface area contributed by atoms with Gasteiger partial charge in [-0.05, 0) is 34.0 Å². The average molecular weight is 212 g/mol. The molecular formula is C11H20N2S. The van der Waals surface area contributed by atoms with Crippen molar-refractivity contribution in [2.45, 2.75) is 38.9 Å². The number of rotatable bonds is 2. The van der Waals surface area contributed by atoms with Crippen molar-refractivity contribution in [1.82, 2.24) is 4.90 Å². The van der Waals surface area contributed by atoms with E-state index in [4.69, 9.17) is 4.99 Å². The summed E-state index contributed by atoms with van der Waals surface area (Å²) in [7, 11) is 0. The first-order valence-electron chi connectivity index (χ1n) is 4.89. The van der Waals surface area contributed by atoms with Crippen LogP contribution in [0.25, 0.3) is 0 Å². The molecule has 0 N–H and O–H groups in total. The van der Waals surface area contributed by atoms with Crippen molar-refractivity contribution in [2.24, 2.45) is 4.99 Å². The van der Waals surface area contributed by atoms with Crippen LogP contribution < -0.4 is 0 Å². The van der Waals surface area contributed by atoms with E-state index in [9.17, 15) is 0 Å². The molecule has 0 saturated heterocycles. The van der Waals surface area contributed by atoms with E-state index < -0.39 is 0 Å². The lowest BCUT2D eigenvalue weighted by Gasteiger charge is -2.38. The third-order valence-corrected chi connectivity index (χ3v) is 3.72. The van der Waals surface area contributed by atoms with Gasteiger partial charge in [0.1, 0.15) is 5.66 Å². The van der Waals surface area contributed by atoms with Gasteiger partial charge >= 0.3 is 0 Å². The average Bonchev–Trinajstić information content (AvgIpc) is 2.25. The third-order valence-electron chi connectivity index (χ3n) is 2.74. The zero-order valence-electron chi connectivity index (χ0n) is 9.79. The molecule has 0 unspecified atom stereocenters. The molecule has 0 amide bonds. The molecule has 0 aromatic carbocycles. The van der Waals surface area contributed by atoms with Crippen molar-refractivity contribution >= 4 is 16.8 Å². The molecule has 0 aromatic heterocycles. The summed E-state index contributed by atoms with van der Waals surface area (Å²) < 4.78 is 0. The number of aliphatic imine (C=N–C) groups is 1. The maximum atomic E-state index is 4.75. The van der Waals surface area contributed by atoms with E-state index in [1.54, 1.807) is 11.8 Å². The summed E-state index contributed by atoms with van der Waals surface area (Å²) in [5.41, 5.74) is -0.0624. The van der Waals surface area contributed by atoms with E-state index in [0.717, 1.165) is 6.54 Å². The van der Waals surface area contributed by atoms with E-state index >= 15 is 0 Å². The topological polar surface area (TPSA) is 15.6 Å². The highest BCUT2D eigenvalue weighted by Crippen LogP contribution is 2.37. The van der Waals surface area contributed by atoms with Gasteiger partial charge in [-0.3, -0.25) is 9.89 Å². The first-order valence-corrected chi connectivity index (χ1v) is 6.11. The summed E-state index contributed by atoms with van der Waals surface area (Å²) in [6.07, 6.45) is 4.04. The highest BCUT2D eigenvalue weighted by atomic mass is 32.2. The van der Waals surface area contributed by atoms with E-state index in [-0.39, 0.29) is 11.2 Å². The second-order valence-corrected chi connectivity index (χ2v) is 5.37. The first-order chi connectivity index (χ1) is 6.36. The Bertz CT molecular complexity index is 266. The van der Waals surface area contributed by atoms with Crippen LogP contribution in [-0.4, -0.2) is 33.9 Å². The quantitative estimate of drug-likeness (QED) is 0.654. The van der Waals surface area contributed by atoms with E-state index in [1.165, 1.54) is 5.04 Å². The largest absolute Gasteiger partial charge is 0.265 e. The molecule has 0 saturated carbocycles. The molecule has 1 aliphatic rings. The Labute approximate surface area is 91.5 Å². The predicted molar refractivity (Wildman–Crippen MR) is 66.0 cm³/mol. The molecule has 0 radical (unpaired) electrons. The lowest BCUT2D eigenvalue weighted by atomic mass is 10.0. The van der Waals surface area contributed by atoms with Crippen molar-refractivity contribution in [3.05, 3.63) is 12.7 Å². The van der Waals surface area contributed by atoms with E-state index in [2.05, 4.69) is 45.4 Å². The highest BCUT2D eigenvalue weighted by Gasteiger charge is 2.46. The molecule has 0 bridgehead atoms. The van der Waals surface area contributed by atoms with Crippen LogP contribution in [0.4, 0.5) is 0 Å². The first kappa shape index (κ1) is 11.8. The number of nitrogens with zero attached hydrogens (tertiary/aromatic N) is 2. The molecule has 0 spiro atoms. The van der Waals surface area contributed by atoms with Gasteiger partial charge in [-0.25, -0.2) is 0 Å². The molecule has 1 rings (SSSR count). The lowest BCUT2D eigenvalue weighted by Crippen LogP contribution is -2.51. The van der Waals surface area contributed by atoms with Gasteiger partial charge in [-0.1, -0.05) is 6.08 Å². The van der Waals surface area contributed by atoms with Crippen molar-refractivity contribution in [3.8, 4) is 0 Å². The van der Waals surface area contributed by atoms with Gasteiger partial charge in [-0.2, -0.15) is 0 Å². The number of thioether (sulfide) groups is 1. The fourth-order valence-electron chi connectivity index (χ4n) is 2.12. The molecule has 1 aliphatic heterocycles. The Balaban J connectivity index is 3.03. The Hall–Kier alpha value is -0.280. The van der Waals surface area contributed by atoms with Gasteiger partial charge in [0.25, 0.3) is 0 Å². The summed E-state index contributed by atoms with van der Waals surface area (Å²) >= 11 is 1.75. The minimum absolute atomic E-state index is 0.0388. The van der Waals surface area contributed by atoms with Gasteiger partial charge in [0.15, 0.2) is 0 Å². The summed E-state index contributed by atoms with van der Waals surface area (Å²) in [6.45, 7) is 13.4. The smallest absolute Gasteiger partial charge is 0.109 e. The van der Waals surface area contributed by atoms with Crippen molar-refractivity contribution in [2.75, 3.05) is 12.8 Å². The van der Waals surface area contributed by atoms with Crippen LogP contribution >= 0.6 is 11.8 Å². The Morgan fingerprint density at radius 1 is 1.43 bits per heavy atom. The van der Waals surface area contributed by atoms with Crippen molar-refractivity contribution in [1.29, 1.82) is 0 Å². The van der Waals surface area contributed by atoms with E-state index in [0.29, 0.717) is 0 Å². The van der Waals surface area contributed by atoms with Gasteiger partial charge in [0.05, 0.1) is 10.6 Å². The van der Waals surface area contributed by atoms with Crippen LogP contribution in [-0.2, 0) is 0 Å². The summed E-state index contributed by atoms with van der Waals surface area (Å²) in [5.74, 6) is 0. The number of hydrogen-bond acceptors (Lipinski definition) is 3. The maximum Gasteiger partial charge on any atom is 0.109 e. The minimum atomic E-state index is -0.101. The molecule has 0 fully saturated rings. The monoisotopic (exact) mass is 212 g/mol. The molecule has 0 aromatic rings. The molecule has 3 heteroatoms. The molecule has 0 atom stereocenters. The fourth-order valence-corrected chi connectivity index (χ4v) is 3.05. The van der Waals surface area contributed by atoms with Crippen molar-refractivity contribution in [3.63, 3.8) is 0 Å². The lowest BCUT2D eigenvalue weighted by molar-refractivity contribution is 0.101. The fraction of sp³-hybridized carbons (Fsp3) is 0.727. The third kappa shape index (κ3) is 1.75. The minimum Gasteiger partial charge on any atom is -0.265 e. The van der Waals surface area contributed by atoms with Crippen LogP contribution in [0.5, 0.6) is 0 Å². The van der Waals surface area contributed by atoms with Crippen LogP contribution in [0.3, 0.4) is 0 Å². The van der Waals surface area contributed by atoms with Crippen LogP contribution in [0.15, 0.2) is 17.6 Å². The van der Waals surface area contributed by atoms with Gasteiger partial charge in [0, 0.05) is 6.54 Å². The second-order valence-electron chi connectivity index (χ2n) is 4.57. The Morgan fingerprint density at radius 2 is 2.00 bits per heavy atom. The Morgan fingerprint density at radius 3 is 2.36 bits per heavy atom. The summed E-state index contributed by atoms with van der Waals surface area (Å²) in [5, 5.41) is 1.21. The zero-order chi connectivity index (χ0) is 11.0. The normalized spacial score (nSPS) is 24.8. The summed E-state index contributed by atoms with van der Waals surface area (Å²) in [4.78, 5) is 7.12. The standard InChI is InChI=1S/C11H20N2S/c1-7-8-13-10(2,3)9(14-6)12-11(13,4)5/h7H,1,8H2,2-6H3. The second kappa shape index (κ2) is 3.70. The Kier molecular flexibility index (Phi) is 3.12. The molecule has 2 nitrogen and oxygen atoms in total.